The largest absolute Gasteiger partial charge is 0.297 e. The molecule has 0 atom stereocenters. The van der Waals surface area contributed by atoms with Gasteiger partial charge in [-0.1, -0.05) is 6.08 Å². The Bertz CT molecular complexity index is 712. The number of amidine groups is 1. The highest BCUT2D eigenvalue weighted by atomic mass is 16.6. The Balaban J connectivity index is 1.93. The topological polar surface area (TPSA) is 75.8 Å². The lowest BCUT2D eigenvalue weighted by atomic mass is 10.1. The molecule has 1 aromatic rings. The number of rotatable bonds is 2. The van der Waals surface area contributed by atoms with E-state index in [0.717, 1.165) is 0 Å². The van der Waals surface area contributed by atoms with Gasteiger partial charge in [0.1, 0.15) is 11.5 Å². The number of nitro groups is 1. The Morgan fingerprint density at radius 3 is 2.65 bits per heavy atom. The molecule has 0 saturated heterocycles. The van der Waals surface area contributed by atoms with Crippen LogP contribution >= 0.6 is 0 Å². The summed E-state index contributed by atoms with van der Waals surface area (Å²) in [5, 5.41) is 10.6. The molecule has 0 radical (unpaired) electrons. The summed E-state index contributed by atoms with van der Waals surface area (Å²) in [7, 11) is 0. The van der Waals surface area contributed by atoms with Crippen LogP contribution in [0.2, 0.25) is 0 Å². The molecule has 2 aliphatic heterocycles. The van der Waals surface area contributed by atoms with Crippen LogP contribution in [-0.2, 0) is 4.79 Å². The second kappa shape index (κ2) is 4.58. The lowest BCUT2D eigenvalue weighted by Gasteiger charge is -2.16. The quantitative estimate of drug-likeness (QED) is 0.468. The smallest absolute Gasteiger partial charge is 0.295 e. The van der Waals surface area contributed by atoms with Crippen molar-refractivity contribution in [1.29, 1.82) is 0 Å². The molecule has 3 rings (SSSR count). The number of allylic oxidation sites excluding steroid dienone is 2. The van der Waals surface area contributed by atoms with Crippen molar-refractivity contribution in [3.8, 4) is 0 Å². The molecular formula is C14H9N3O3. The van der Waals surface area contributed by atoms with Crippen molar-refractivity contribution in [2.45, 2.75) is 0 Å². The summed E-state index contributed by atoms with van der Waals surface area (Å²) in [6.07, 6.45) is 8.76. The number of hydrogen-bond donors (Lipinski definition) is 0. The van der Waals surface area contributed by atoms with Gasteiger partial charge in [-0.15, -0.1) is 0 Å². The van der Waals surface area contributed by atoms with Crippen LogP contribution in [0.15, 0.2) is 59.4 Å². The zero-order chi connectivity index (χ0) is 14.1. The minimum Gasteiger partial charge on any atom is -0.297 e. The Hall–Kier alpha value is -3.02. The van der Waals surface area contributed by atoms with Crippen molar-refractivity contribution in [3.05, 3.63) is 70.1 Å². The third-order valence-corrected chi connectivity index (χ3v) is 2.94. The average Bonchev–Trinajstić information content (AvgIpc) is 2.76. The number of nitro benzene ring substituents is 1. The summed E-state index contributed by atoms with van der Waals surface area (Å²) in [6, 6.07) is 6.00. The molecule has 0 aromatic heterocycles. The van der Waals surface area contributed by atoms with Gasteiger partial charge in [0.05, 0.1) is 4.92 Å². The molecule has 2 heterocycles. The molecule has 6 heteroatoms. The first kappa shape index (κ1) is 12.0. The van der Waals surface area contributed by atoms with Crippen LogP contribution in [0.4, 0.5) is 5.69 Å². The normalized spacial score (nSPS) is 18.4. The monoisotopic (exact) mass is 267 g/mol. The Morgan fingerprint density at radius 2 is 1.95 bits per heavy atom. The van der Waals surface area contributed by atoms with E-state index in [1.807, 2.05) is 0 Å². The van der Waals surface area contributed by atoms with E-state index >= 15 is 0 Å². The van der Waals surface area contributed by atoms with E-state index in [0.29, 0.717) is 17.1 Å². The van der Waals surface area contributed by atoms with Gasteiger partial charge in [-0.25, -0.2) is 0 Å². The standard InChI is InChI=1S/C14H9N3O3/c18-14-12(16-8-2-1-3-13(16)15-14)9-10-4-6-11(7-5-10)17(19)20/h1-9H. The predicted molar refractivity (Wildman–Crippen MR) is 73.6 cm³/mol. The lowest BCUT2D eigenvalue weighted by molar-refractivity contribution is -0.384. The minimum atomic E-state index is -0.461. The zero-order valence-corrected chi connectivity index (χ0v) is 10.3. The zero-order valence-electron chi connectivity index (χ0n) is 10.3. The van der Waals surface area contributed by atoms with E-state index in [1.165, 1.54) is 12.1 Å². The molecule has 0 aliphatic carbocycles. The first-order valence-corrected chi connectivity index (χ1v) is 5.88. The molecule has 2 aliphatic rings. The Morgan fingerprint density at radius 1 is 1.20 bits per heavy atom. The number of nitrogens with zero attached hydrogens (tertiary/aromatic N) is 3. The second-order valence-electron chi connectivity index (χ2n) is 4.22. The van der Waals surface area contributed by atoms with Gasteiger partial charge in [0.2, 0.25) is 0 Å². The minimum absolute atomic E-state index is 0.0163. The molecule has 6 nitrogen and oxygen atoms in total. The van der Waals surface area contributed by atoms with Gasteiger partial charge < -0.3 is 0 Å². The van der Waals surface area contributed by atoms with Gasteiger partial charge in [0.25, 0.3) is 11.6 Å². The molecule has 20 heavy (non-hydrogen) atoms. The maximum absolute atomic E-state index is 11.8. The molecule has 1 amide bonds. The molecule has 98 valence electrons. The Kier molecular flexibility index (Phi) is 2.76. The van der Waals surface area contributed by atoms with E-state index < -0.39 is 4.92 Å². The number of benzene rings is 1. The third kappa shape index (κ3) is 2.03. The van der Waals surface area contributed by atoms with E-state index in [4.69, 9.17) is 0 Å². The van der Waals surface area contributed by atoms with Crippen molar-refractivity contribution < 1.29 is 9.72 Å². The molecule has 0 fully saturated rings. The molecule has 0 N–H and O–H groups in total. The van der Waals surface area contributed by atoms with Crippen LogP contribution in [0.3, 0.4) is 0 Å². The summed E-state index contributed by atoms with van der Waals surface area (Å²) in [4.78, 5) is 27.6. The highest BCUT2D eigenvalue weighted by Gasteiger charge is 2.27. The van der Waals surface area contributed by atoms with Crippen molar-refractivity contribution >= 4 is 23.5 Å². The number of hydrogen-bond acceptors (Lipinski definition) is 4. The maximum atomic E-state index is 11.8. The fourth-order valence-electron chi connectivity index (χ4n) is 1.97. The molecule has 0 bridgehead atoms. The first-order chi connectivity index (χ1) is 9.65. The fraction of sp³-hybridized carbons (Fsp3) is 0. The summed E-state index contributed by atoms with van der Waals surface area (Å²) >= 11 is 0. The van der Waals surface area contributed by atoms with Gasteiger partial charge in [0.15, 0.2) is 0 Å². The van der Waals surface area contributed by atoms with Crippen LogP contribution < -0.4 is 0 Å². The van der Waals surface area contributed by atoms with Crippen LogP contribution in [0, 0.1) is 10.1 Å². The average molecular weight is 267 g/mol. The molecule has 0 saturated carbocycles. The van der Waals surface area contributed by atoms with E-state index in [-0.39, 0.29) is 11.6 Å². The van der Waals surface area contributed by atoms with Crippen molar-refractivity contribution in [2.24, 2.45) is 4.99 Å². The van der Waals surface area contributed by atoms with Crippen molar-refractivity contribution in [2.75, 3.05) is 0 Å². The number of carbonyl (C=O) groups is 1. The first-order valence-electron chi connectivity index (χ1n) is 5.88. The van der Waals surface area contributed by atoms with Crippen LogP contribution in [0.25, 0.3) is 6.08 Å². The number of amides is 1. The van der Waals surface area contributed by atoms with Crippen molar-refractivity contribution in [3.63, 3.8) is 0 Å². The van der Waals surface area contributed by atoms with Gasteiger partial charge in [-0.2, -0.15) is 4.99 Å². The number of fused-ring (bicyclic) bond motifs is 1. The van der Waals surface area contributed by atoms with E-state index in [2.05, 4.69) is 4.99 Å². The number of carbonyl (C=O) groups excluding carboxylic acids is 1. The molecule has 1 aromatic carbocycles. The van der Waals surface area contributed by atoms with Gasteiger partial charge in [-0.05, 0) is 35.9 Å². The summed E-state index contributed by atoms with van der Waals surface area (Å²) in [5.74, 6) is 0.250. The SMILES string of the molecule is O=C1N=C2C=CC=CN2C1=Cc1ccc([N+](=O)[O-])cc1. The third-order valence-electron chi connectivity index (χ3n) is 2.94. The molecular weight excluding hydrogens is 258 g/mol. The fourth-order valence-corrected chi connectivity index (χ4v) is 1.97. The van der Waals surface area contributed by atoms with Crippen LogP contribution in [-0.4, -0.2) is 21.6 Å². The number of non-ortho nitro benzene ring substituents is 1. The lowest BCUT2D eigenvalue weighted by Crippen LogP contribution is -2.20. The molecule has 0 unspecified atom stereocenters. The number of aliphatic imine (C=N–C) groups is 1. The highest BCUT2D eigenvalue weighted by Crippen LogP contribution is 2.23. The summed E-state index contributed by atoms with van der Waals surface area (Å²) in [5.41, 5.74) is 1.15. The van der Waals surface area contributed by atoms with Gasteiger partial charge in [0, 0.05) is 18.3 Å². The van der Waals surface area contributed by atoms with Gasteiger partial charge in [-0.3, -0.25) is 19.8 Å². The summed E-state index contributed by atoms with van der Waals surface area (Å²) in [6.45, 7) is 0. The molecule has 0 spiro atoms. The van der Waals surface area contributed by atoms with Crippen molar-refractivity contribution in [1.82, 2.24) is 4.90 Å². The highest BCUT2D eigenvalue weighted by molar-refractivity contribution is 6.17. The summed E-state index contributed by atoms with van der Waals surface area (Å²) < 4.78 is 0. The Labute approximate surface area is 114 Å². The predicted octanol–water partition coefficient (Wildman–Crippen LogP) is 2.26. The maximum Gasteiger partial charge on any atom is 0.295 e. The van der Waals surface area contributed by atoms with E-state index in [1.54, 1.807) is 47.5 Å². The van der Waals surface area contributed by atoms with Crippen LogP contribution in [0.5, 0.6) is 0 Å². The van der Waals surface area contributed by atoms with E-state index in [9.17, 15) is 14.9 Å². The van der Waals surface area contributed by atoms with Gasteiger partial charge >= 0.3 is 0 Å². The van der Waals surface area contributed by atoms with Crippen LogP contribution in [0.1, 0.15) is 5.56 Å². The second-order valence-corrected chi connectivity index (χ2v) is 4.22.